The van der Waals surface area contributed by atoms with E-state index in [-0.39, 0.29) is 38.4 Å². The number of nitrogens with zero attached hydrogens (tertiary/aromatic N) is 3. The van der Waals surface area contributed by atoms with E-state index in [9.17, 15) is 24.5 Å². The van der Waals surface area contributed by atoms with Gasteiger partial charge in [0.2, 0.25) is 5.75 Å². The van der Waals surface area contributed by atoms with Crippen molar-refractivity contribution in [2.75, 3.05) is 26.2 Å². The van der Waals surface area contributed by atoms with Gasteiger partial charge < -0.3 is 19.1 Å². The van der Waals surface area contributed by atoms with Crippen molar-refractivity contribution in [1.82, 2.24) is 4.90 Å². The zero-order chi connectivity index (χ0) is 28.2. The average molecular weight is 572 g/mol. The third-order valence-corrected chi connectivity index (χ3v) is 7.41. The molecule has 3 aromatic rings. The Hall–Kier alpha value is -4.35. The largest absolute Gasteiger partial charge is 0.493 e. The van der Waals surface area contributed by atoms with Gasteiger partial charge in [0, 0.05) is 17.8 Å². The summed E-state index contributed by atoms with van der Waals surface area (Å²) in [5.41, 5.74) is 0.295. The van der Waals surface area contributed by atoms with E-state index in [1.807, 2.05) is 0 Å². The summed E-state index contributed by atoms with van der Waals surface area (Å²) >= 11 is 12.3. The first-order valence-electron chi connectivity index (χ1n) is 11.4. The number of carbonyl (C=O) groups excluding carboxylic acids is 3. The van der Waals surface area contributed by atoms with Crippen molar-refractivity contribution in [1.29, 1.82) is 0 Å². The third kappa shape index (κ3) is 4.01. The van der Waals surface area contributed by atoms with E-state index in [0.717, 1.165) is 17.0 Å². The minimum atomic E-state index is -1.28. The summed E-state index contributed by atoms with van der Waals surface area (Å²) in [5, 5.41) is 11.7. The minimum absolute atomic E-state index is 0.0324. The maximum atomic E-state index is 13.7. The number of carbonyl (C=O) groups is 3. The molecule has 13 heteroatoms. The van der Waals surface area contributed by atoms with Crippen molar-refractivity contribution >= 4 is 52.3 Å². The van der Waals surface area contributed by atoms with E-state index in [2.05, 4.69) is 0 Å². The summed E-state index contributed by atoms with van der Waals surface area (Å²) < 4.78 is 16.3. The van der Waals surface area contributed by atoms with Gasteiger partial charge in [0.1, 0.15) is 6.04 Å². The molecule has 2 aliphatic rings. The number of nitro benzene ring substituents is 1. The van der Waals surface area contributed by atoms with Crippen molar-refractivity contribution in [3.8, 4) is 17.2 Å². The van der Waals surface area contributed by atoms with Crippen LogP contribution in [-0.2, 0) is 4.79 Å². The number of ether oxygens (including phenoxy) is 3. The number of rotatable bonds is 7. The maximum absolute atomic E-state index is 13.7. The molecule has 200 valence electrons. The Morgan fingerprint density at radius 1 is 0.769 bits per heavy atom. The van der Waals surface area contributed by atoms with Gasteiger partial charge >= 0.3 is 0 Å². The molecule has 0 aromatic heterocycles. The Morgan fingerprint density at radius 2 is 1.41 bits per heavy atom. The van der Waals surface area contributed by atoms with E-state index in [1.165, 1.54) is 44.4 Å². The number of β-lactam (4-membered cyclic amide) rings is 1. The molecule has 5 rings (SSSR count). The van der Waals surface area contributed by atoms with Gasteiger partial charge in [0.15, 0.2) is 11.5 Å². The second-order valence-electron chi connectivity index (χ2n) is 8.62. The van der Waals surface area contributed by atoms with Crippen LogP contribution in [0.2, 0.25) is 10.0 Å². The second kappa shape index (κ2) is 9.75. The van der Waals surface area contributed by atoms with Crippen molar-refractivity contribution in [3.63, 3.8) is 0 Å². The molecule has 1 fully saturated rings. The lowest BCUT2D eigenvalue weighted by Crippen LogP contribution is -2.67. The maximum Gasteiger partial charge on any atom is 0.270 e. The van der Waals surface area contributed by atoms with Crippen LogP contribution in [0.15, 0.2) is 48.5 Å². The van der Waals surface area contributed by atoms with Gasteiger partial charge in [-0.05, 0) is 42.0 Å². The summed E-state index contributed by atoms with van der Waals surface area (Å²) in [5.74, 6) is -1.25. The molecule has 2 heterocycles. The number of benzene rings is 3. The van der Waals surface area contributed by atoms with Gasteiger partial charge in [-0.3, -0.25) is 29.4 Å². The smallest absolute Gasteiger partial charge is 0.270 e. The standard InChI is InChI=1S/C26H19Cl2N3O8/c1-37-19-8-12(9-20(38-2)23(19)39-3)21-22(26(34)29(21)13-5-7-17(27)18(28)11-13)30-24(32)15-6-4-14(31(35)36)10-16(15)25(30)33/h4-11,21-22H,1-3H3/t21-,22+/m1/s1. The highest BCUT2D eigenvalue weighted by molar-refractivity contribution is 6.42. The predicted octanol–water partition coefficient (Wildman–Crippen LogP) is 4.68. The molecule has 2 aliphatic heterocycles. The topological polar surface area (TPSA) is 129 Å². The molecule has 0 radical (unpaired) electrons. The molecule has 39 heavy (non-hydrogen) atoms. The first-order valence-corrected chi connectivity index (χ1v) is 12.1. The Kier molecular flexibility index (Phi) is 6.57. The molecule has 0 N–H and O–H groups in total. The zero-order valence-electron chi connectivity index (χ0n) is 20.6. The monoisotopic (exact) mass is 571 g/mol. The number of fused-ring (bicyclic) bond motifs is 1. The Balaban J connectivity index is 1.65. The number of nitro groups is 1. The number of halogens is 2. The van der Waals surface area contributed by atoms with Crippen molar-refractivity contribution in [3.05, 3.63) is 85.4 Å². The fourth-order valence-corrected chi connectivity index (χ4v) is 5.16. The van der Waals surface area contributed by atoms with Gasteiger partial charge in [-0.25, -0.2) is 0 Å². The zero-order valence-corrected chi connectivity index (χ0v) is 22.1. The number of imide groups is 1. The highest BCUT2D eigenvalue weighted by Gasteiger charge is 2.57. The third-order valence-electron chi connectivity index (χ3n) is 6.67. The SMILES string of the molecule is COc1cc([C@@H]2[C@H](N3C(=O)c4ccc([N+](=O)[O-])cc4C3=O)C(=O)N2c2ccc(Cl)c(Cl)c2)cc(OC)c1OC. The molecule has 0 spiro atoms. The quantitative estimate of drug-likeness (QED) is 0.173. The van der Waals surface area contributed by atoms with Gasteiger partial charge in [-0.2, -0.15) is 0 Å². The molecular formula is C26H19Cl2N3O8. The highest BCUT2D eigenvalue weighted by Crippen LogP contribution is 2.49. The number of methoxy groups -OCH3 is 3. The lowest BCUT2D eigenvalue weighted by molar-refractivity contribution is -0.384. The molecule has 0 bridgehead atoms. The summed E-state index contributed by atoms with van der Waals surface area (Å²) in [6.07, 6.45) is 0. The molecule has 0 saturated carbocycles. The van der Waals surface area contributed by atoms with Gasteiger partial charge in [-0.1, -0.05) is 23.2 Å². The van der Waals surface area contributed by atoms with E-state index in [1.54, 1.807) is 18.2 Å². The van der Waals surface area contributed by atoms with Gasteiger partial charge in [-0.15, -0.1) is 0 Å². The van der Waals surface area contributed by atoms with Crippen molar-refractivity contribution < 1.29 is 33.5 Å². The van der Waals surface area contributed by atoms with Crippen LogP contribution in [0, 0.1) is 10.1 Å². The fraction of sp³-hybridized carbons (Fsp3) is 0.192. The summed E-state index contributed by atoms with van der Waals surface area (Å²) in [6, 6.07) is 9.01. The molecule has 11 nitrogen and oxygen atoms in total. The normalized spacial score (nSPS) is 18.1. The fourth-order valence-electron chi connectivity index (χ4n) is 4.87. The van der Waals surface area contributed by atoms with Crippen molar-refractivity contribution in [2.24, 2.45) is 0 Å². The van der Waals surface area contributed by atoms with E-state index >= 15 is 0 Å². The van der Waals surface area contributed by atoms with Crippen LogP contribution in [0.4, 0.5) is 11.4 Å². The minimum Gasteiger partial charge on any atom is -0.493 e. The molecule has 3 amide bonds. The van der Waals surface area contributed by atoms with Crippen LogP contribution >= 0.6 is 23.2 Å². The molecule has 0 unspecified atom stereocenters. The Morgan fingerprint density at radius 3 is 1.97 bits per heavy atom. The molecule has 0 aliphatic carbocycles. The van der Waals surface area contributed by atoms with Crippen LogP contribution in [0.3, 0.4) is 0 Å². The van der Waals surface area contributed by atoms with Crippen LogP contribution in [-0.4, -0.2) is 54.9 Å². The number of non-ortho nitro benzene ring substituents is 1. The number of amides is 3. The average Bonchev–Trinajstić information content (AvgIpc) is 3.17. The van der Waals surface area contributed by atoms with Crippen LogP contribution in [0.1, 0.15) is 32.3 Å². The lowest BCUT2D eigenvalue weighted by atomic mass is 9.86. The van der Waals surface area contributed by atoms with Crippen LogP contribution in [0.25, 0.3) is 0 Å². The molecule has 2 atom stereocenters. The van der Waals surface area contributed by atoms with Crippen LogP contribution < -0.4 is 19.1 Å². The number of anilines is 1. The second-order valence-corrected chi connectivity index (χ2v) is 9.44. The first-order chi connectivity index (χ1) is 18.6. The Labute approximate surface area is 231 Å². The summed E-state index contributed by atoms with van der Waals surface area (Å²) in [4.78, 5) is 53.3. The highest BCUT2D eigenvalue weighted by atomic mass is 35.5. The summed E-state index contributed by atoms with van der Waals surface area (Å²) in [7, 11) is 4.30. The van der Waals surface area contributed by atoms with Gasteiger partial charge in [0.05, 0.1) is 53.5 Å². The number of hydrogen-bond donors (Lipinski definition) is 0. The van der Waals surface area contributed by atoms with E-state index in [0.29, 0.717) is 17.0 Å². The first kappa shape index (κ1) is 26.3. The number of hydrogen-bond acceptors (Lipinski definition) is 8. The molecular weight excluding hydrogens is 553 g/mol. The van der Waals surface area contributed by atoms with E-state index in [4.69, 9.17) is 37.4 Å². The van der Waals surface area contributed by atoms with Crippen LogP contribution in [0.5, 0.6) is 17.2 Å². The van der Waals surface area contributed by atoms with E-state index < -0.39 is 34.7 Å². The molecule has 1 saturated heterocycles. The van der Waals surface area contributed by atoms with Gasteiger partial charge in [0.25, 0.3) is 23.4 Å². The van der Waals surface area contributed by atoms with Crippen molar-refractivity contribution in [2.45, 2.75) is 12.1 Å². The molecule has 3 aromatic carbocycles. The lowest BCUT2D eigenvalue weighted by Gasteiger charge is -2.50. The predicted molar refractivity (Wildman–Crippen MR) is 140 cm³/mol. The summed E-state index contributed by atoms with van der Waals surface area (Å²) in [6.45, 7) is 0. The Bertz CT molecular complexity index is 1550.